The highest BCUT2D eigenvalue weighted by Crippen LogP contribution is 2.37. The monoisotopic (exact) mass is 651 g/mol. The van der Waals surface area contributed by atoms with E-state index in [9.17, 15) is 0 Å². The summed E-state index contributed by atoms with van der Waals surface area (Å²) < 4.78 is 6.14. The Bertz CT molecular complexity index is 2910. The molecule has 0 spiro atoms. The van der Waals surface area contributed by atoms with Crippen molar-refractivity contribution >= 4 is 43.5 Å². The summed E-state index contributed by atoms with van der Waals surface area (Å²) in [7, 11) is 0. The maximum absolute atomic E-state index is 6.14. The molecule has 238 valence electrons. The average Bonchev–Trinajstić information content (AvgIpc) is 3.59. The second-order valence-corrected chi connectivity index (χ2v) is 12.8. The molecule has 0 unspecified atom stereocenters. The van der Waals surface area contributed by atoms with Gasteiger partial charge in [0.1, 0.15) is 11.2 Å². The van der Waals surface area contributed by atoms with Gasteiger partial charge in [-0.15, -0.1) is 0 Å². The van der Waals surface area contributed by atoms with Crippen LogP contribution in [0, 0.1) is 0 Å². The number of rotatable bonds is 5. The first-order chi connectivity index (χ1) is 25.2. The number of para-hydroxylation sites is 1. The molecule has 10 aromatic rings. The Hall–Kier alpha value is -6.91. The zero-order valence-corrected chi connectivity index (χ0v) is 27.5. The molecule has 0 aliphatic carbocycles. The molecule has 0 aliphatic rings. The Morgan fingerprint density at radius 3 is 1.71 bits per heavy atom. The van der Waals surface area contributed by atoms with E-state index in [4.69, 9.17) is 19.4 Å². The lowest BCUT2D eigenvalue weighted by molar-refractivity contribution is 0.669. The average molecular weight is 652 g/mol. The minimum Gasteiger partial charge on any atom is -0.456 e. The van der Waals surface area contributed by atoms with E-state index in [2.05, 4.69) is 140 Å². The number of benzene rings is 8. The molecule has 8 aromatic carbocycles. The first-order valence-electron chi connectivity index (χ1n) is 17.1. The zero-order valence-electron chi connectivity index (χ0n) is 27.5. The molecule has 0 amide bonds. The van der Waals surface area contributed by atoms with E-state index in [-0.39, 0.29) is 0 Å². The first-order valence-corrected chi connectivity index (χ1v) is 17.1. The minimum absolute atomic E-state index is 0.607. The highest BCUT2D eigenvalue weighted by atomic mass is 16.3. The van der Waals surface area contributed by atoms with Crippen molar-refractivity contribution in [1.29, 1.82) is 0 Å². The third-order valence-electron chi connectivity index (χ3n) is 9.72. The van der Waals surface area contributed by atoms with Gasteiger partial charge in [-0.3, -0.25) is 0 Å². The van der Waals surface area contributed by atoms with Gasteiger partial charge in [0.25, 0.3) is 0 Å². The number of fused-ring (bicyclic) bond motifs is 6. The predicted molar refractivity (Wildman–Crippen MR) is 209 cm³/mol. The third-order valence-corrected chi connectivity index (χ3v) is 9.72. The molecule has 0 radical (unpaired) electrons. The van der Waals surface area contributed by atoms with Gasteiger partial charge >= 0.3 is 0 Å². The molecule has 4 nitrogen and oxygen atoms in total. The van der Waals surface area contributed by atoms with E-state index in [1.54, 1.807) is 0 Å². The molecule has 0 bridgehead atoms. The maximum Gasteiger partial charge on any atom is 0.164 e. The molecule has 2 heterocycles. The largest absolute Gasteiger partial charge is 0.456 e. The van der Waals surface area contributed by atoms with E-state index in [0.717, 1.165) is 49.8 Å². The van der Waals surface area contributed by atoms with Crippen molar-refractivity contribution in [2.45, 2.75) is 0 Å². The normalized spacial score (nSPS) is 11.5. The van der Waals surface area contributed by atoms with Gasteiger partial charge in [-0.25, -0.2) is 15.0 Å². The summed E-state index contributed by atoms with van der Waals surface area (Å²) in [6, 6.07) is 61.2. The van der Waals surface area contributed by atoms with E-state index in [1.165, 1.54) is 32.7 Å². The van der Waals surface area contributed by atoms with E-state index in [1.807, 2.05) is 36.4 Å². The van der Waals surface area contributed by atoms with Crippen molar-refractivity contribution in [3.05, 3.63) is 176 Å². The van der Waals surface area contributed by atoms with Crippen molar-refractivity contribution in [1.82, 2.24) is 15.0 Å². The van der Waals surface area contributed by atoms with Crippen molar-refractivity contribution in [3.8, 4) is 56.4 Å². The standard InChI is InChI=1S/C47H29N3O/c1-2-10-30(11-3-1)31-20-24-34(25-21-31)45-48-46(50-47(49-45)37-26-27-43-41(29-37)40-17-6-7-19-42(40)51-43)36-15-8-14-35(28-36)39-18-9-13-33-23-22-32-12-4-5-16-38(32)44(33)39/h1-29H. The van der Waals surface area contributed by atoms with Crippen LogP contribution in [0.2, 0.25) is 0 Å². The van der Waals surface area contributed by atoms with Crippen LogP contribution < -0.4 is 0 Å². The zero-order chi connectivity index (χ0) is 33.7. The second kappa shape index (κ2) is 11.9. The fraction of sp³-hybridized carbons (Fsp3) is 0. The number of furan rings is 1. The number of nitrogens with zero attached hydrogens (tertiary/aromatic N) is 3. The van der Waals surface area contributed by atoms with Gasteiger partial charge < -0.3 is 4.42 Å². The van der Waals surface area contributed by atoms with Crippen molar-refractivity contribution in [2.24, 2.45) is 0 Å². The lowest BCUT2D eigenvalue weighted by Crippen LogP contribution is -2.00. The molecule has 0 aliphatic heterocycles. The summed E-state index contributed by atoms with van der Waals surface area (Å²) in [6.07, 6.45) is 0. The van der Waals surface area contributed by atoms with Crippen molar-refractivity contribution in [2.75, 3.05) is 0 Å². The molecular formula is C47H29N3O. The summed E-state index contributed by atoms with van der Waals surface area (Å²) in [4.78, 5) is 15.3. The van der Waals surface area contributed by atoms with Gasteiger partial charge in [0.2, 0.25) is 0 Å². The van der Waals surface area contributed by atoms with Crippen LogP contribution in [0.5, 0.6) is 0 Å². The maximum atomic E-state index is 6.14. The van der Waals surface area contributed by atoms with Gasteiger partial charge in [-0.2, -0.15) is 0 Å². The highest BCUT2D eigenvalue weighted by molar-refractivity contribution is 6.14. The molecule has 0 atom stereocenters. The fourth-order valence-electron chi connectivity index (χ4n) is 7.20. The summed E-state index contributed by atoms with van der Waals surface area (Å²) in [5.74, 6) is 1.84. The number of hydrogen-bond acceptors (Lipinski definition) is 4. The fourth-order valence-corrected chi connectivity index (χ4v) is 7.20. The smallest absolute Gasteiger partial charge is 0.164 e. The van der Waals surface area contributed by atoms with Gasteiger partial charge in [0, 0.05) is 27.5 Å². The molecule has 0 saturated heterocycles. The Labute approximate surface area is 294 Å². The summed E-state index contributed by atoms with van der Waals surface area (Å²) in [5.41, 5.74) is 9.03. The van der Waals surface area contributed by atoms with Gasteiger partial charge in [0.15, 0.2) is 17.5 Å². The molecule has 4 heteroatoms. The van der Waals surface area contributed by atoms with Gasteiger partial charge in [0.05, 0.1) is 0 Å². The van der Waals surface area contributed by atoms with E-state index in [0.29, 0.717) is 17.5 Å². The van der Waals surface area contributed by atoms with E-state index < -0.39 is 0 Å². The lowest BCUT2D eigenvalue weighted by Gasteiger charge is -2.12. The van der Waals surface area contributed by atoms with Crippen LogP contribution in [0.3, 0.4) is 0 Å². The van der Waals surface area contributed by atoms with Crippen LogP contribution in [0.4, 0.5) is 0 Å². The summed E-state index contributed by atoms with van der Waals surface area (Å²) in [6.45, 7) is 0. The Balaban J connectivity index is 1.14. The lowest BCUT2D eigenvalue weighted by atomic mass is 9.93. The molecule has 0 N–H and O–H groups in total. The number of hydrogen-bond donors (Lipinski definition) is 0. The van der Waals surface area contributed by atoms with E-state index >= 15 is 0 Å². The Morgan fingerprint density at radius 1 is 0.314 bits per heavy atom. The quantitative estimate of drug-likeness (QED) is 0.174. The highest BCUT2D eigenvalue weighted by Gasteiger charge is 2.16. The molecular weight excluding hydrogens is 623 g/mol. The second-order valence-electron chi connectivity index (χ2n) is 12.8. The SMILES string of the molecule is c1ccc(-c2ccc(-c3nc(-c4cccc(-c5cccc6ccc7ccccc7c56)c4)nc(-c4ccc5oc6ccccc6c5c4)n3)cc2)cc1. The van der Waals surface area contributed by atoms with Crippen LogP contribution in [0.1, 0.15) is 0 Å². The summed E-state index contributed by atoms with van der Waals surface area (Å²) in [5, 5.41) is 7.01. The van der Waals surface area contributed by atoms with Crippen molar-refractivity contribution in [3.63, 3.8) is 0 Å². The third kappa shape index (κ3) is 5.13. The molecule has 10 rings (SSSR count). The van der Waals surface area contributed by atoms with Crippen molar-refractivity contribution < 1.29 is 4.42 Å². The van der Waals surface area contributed by atoms with Crippen LogP contribution in [-0.2, 0) is 0 Å². The minimum atomic E-state index is 0.607. The first kappa shape index (κ1) is 29.0. The molecule has 0 fully saturated rings. The molecule has 0 saturated carbocycles. The topological polar surface area (TPSA) is 51.8 Å². The Kier molecular flexibility index (Phi) is 6.78. The summed E-state index contributed by atoms with van der Waals surface area (Å²) >= 11 is 0. The predicted octanol–water partition coefficient (Wildman–Crippen LogP) is 12.4. The van der Waals surface area contributed by atoms with Gasteiger partial charge in [-0.05, 0) is 74.1 Å². The van der Waals surface area contributed by atoms with Crippen LogP contribution in [0.15, 0.2) is 180 Å². The molecule has 51 heavy (non-hydrogen) atoms. The Morgan fingerprint density at radius 2 is 0.863 bits per heavy atom. The van der Waals surface area contributed by atoms with Crippen LogP contribution in [-0.4, -0.2) is 15.0 Å². The molecule has 2 aromatic heterocycles. The van der Waals surface area contributed by atoms with Crippen LogP contribution in [0.25, 0.3) is 99.9 Å². The van der Waals surface area contributed by atoms with Crippen LogP contribution >= 0.6 is 0 Å². The number of aromatic nitrogens is 3. The van der Waals surface area contributed by atoms with Gasteiger partial charge in [-0.1, -0.05) is 146 Å².